The zero-order valence-electron chi connectivity index (χ0n) is 26.2. The van der Waals surface area contributed by atoms with Crippen LogP contribution >= 0.6 is 34.5 Å². The van der Waals surface area contributed by atoms with Crippen molar-refractivity contribution in [3.05, 3.63) is 87.4 Å². The molecule has 0 fully saturated rings. The monoisotopic (exact) mass is 621 g/mol. The average molecular weight is 623 g/mol. The second-order valence-corrected chi connectivity index (χ2v) is 15.5. The quantitative estimate of drug-likeness (QED) is 0.183. The minimum absolute atomic E-state index is 0.104. The number of H-pyrrole nitrogens is 1. The molecule has 5 aromatic heterocycles. The molecule has 0 amide bonds. The van der Waals surface area contributed by atoms with Gasteiger partial charge >= 0.3 is 0 Å². The van der Waals surface area contributed by atoms with Crippen LogP contribution in [0.3, 0.4) is 0 Å². The summed E-state index contributed by atoms with van der Waals surface area (Å²) < 4.78 is 3.12. The van der Waals surface area contributed by atoms with Gasteiger partial charge in [0.2, 0.25) is 0 Å². The van der Waals surface area contributed by atoms with Crippen molar-refractivity contribution < 1.29 is 0 Å². The Labute approximate surface area is 263 Å². The topological polar surface area (TPSA) is 59.4 Å². The molecule has 6 rings (SSSR count). The van der Waals surface area contributed by atoms with Crippen LogP contribution in [0.2, 0.25) is 10.0 Å². The molecule has 222 valence electrons. The van der Waals surface area contributed by atoms with Gasteiger partial charge in [-0.3, -0.25) is 4.98 Å². The van der Waals surface area contributed by atoms with Gasteiger partial charge in [0.25, 0.3) is 0 Å². The van der Waals surface area contributed by atoms with Crippen molar-refractivity contribution in [2.75, 3.05) is 0 Å². The molecular formula is C34H41Cl2N5S. The lowest BCUT2D eigenvalue weighted by molar-refractivity contribution is 0.574. The summed E-state index contributed by atoms with van der Waals surface area (Å²) in [5.41, 5.74) is 6.87. The summed E-state index contributed by atoms with van der Waals surface area (Å²) in [7, 11) is 1.96. The van der Waals surface area contributed by atoms with E-state index in [4.69, 9.17) is 23.2 Å². The maximum Gasteiger partial charge on any atom is 0.141 e. The Balaban J connectivity index is 0.000000145. The molecule has 8 heteroatoms. The number of hydrogen-bond acceptors (Lipinski definition) is 4. The van der Waals surface area contributed by atoms with Gasteiger partial charge in [-0.2, -0.15) is 0 Å². The van der Waals surface area contributed by atoms with E-state index in [1.54, 1.807) is 11.3 Å². The van der Waals surface area contributed by atoms with Crippen molar-refractivity contribution in [1.82, 2.24) is 24.5 Å². The molecule has 0 saturated heterocycles. The van der Waals surface area contributed by atoms with E-state index in [-0.39, 0.29) is 16.2 Å². The molecule has 6 aromatic rings. The molecule has 0 aliphatic rings. The molecule has 0 radical (unpaired) electrons. The zero-order chi connectivity index (χ0) is 31.0. The Kier molecular flexibility index (Phi) is 9.13. The first-order valence-electron chi connectivity index (χ1n) is 14.1. The lowest BCUT2D eigenvalue weighted by Gasteiger charge is -2.18. The van der Waals surface area contributed by atoms with Gasteiger partial charge in [-0.15, -0.1) is 11.3 Å². The summed E-state index contributed by atoms with van der Waals surface area (Å²) in [6.07, 6.45) is 5.65. The van der Waals surface area contributed by atoms with Crippen LogP contribution in [0, 0.1) is 0 Å². The Morgan fingerprint density at radius 1 is 0.810 bits per heavy atom. The number of pyridine rings is 2. The summed E-state index contributed by atoms with van der Waals surface area (Å²) in [6.45, 7) is 19.6. The van der Waals surface area contributed by atoms with Crippen molar-refractivity contribution >= 4 is 66.8 Å². The molecule has 1 N–H and O–H groups in total. The van der Waals surface area contributed by atoms with Gasteiger partial charge in [0.05, 0.1) is 30.8 Å². The minimum atomic E-state index is 0.104. The Morgan fingerprint density at radius 2 is 1.52 bits per heavy atom. The van der Waals surface area contributed by atoms with Gasteiger partial charge in [0, 0.05) is 47.5 Å². The number of para-hydroxylation sites is 1. The lowest BCUT2D eigenvalue weighted by Crippen LogP contribution is -2.11. The van der Waals surface area contributed by atoms with E-state index < -0.39 is 0 Å². The highest BCUT2D eigenvalue weighted by Crippen LogP contribution is 2.34. The van der Waals surface area contributed by atoms with E-state index in [9.17, 15) is 0 Å². The van der Waals surface area contributed by atoms with E-state index in [2.05, 4.69) is 107 Å². The van der Waals surface area contributed by atoms with Crippen molar-refractivity contribution in [3.63, 3.8) is 0 Å². The van der Waals surface area contributed by atoms with E-state index in [0.29, 0.717) is 0 Å². The summed E-state index contributed by atoms with van der Waals surface area (Å²) in [5, 5.41) is 3.69. The average Bonchev–Trinajstić information content (AvgIpc) is 3.60. The standard InChI is InChI=1S/C12H15ClN2.C11H12ClNS.C11H14N2/c1-12(2,3)8-5-9-10(13)7-15(4)11(9)14-6-8;1-11(2,3)10-13-9-7(12)5-4-6-8(9)14-10;1-11(2,3)10-7-9-8(13-10)5-4-6-12-9/h5-7H,1-4H3;4-6H,1-3H3;4-7,13H,1-3H3. The lowest BCUT2D eigenvalue weighted by atomic mass is 9.88. The smallest absolute Gasteiger partial charge is 0.141 e. The molecule has 42 heavy (non-hydrogen) atoms. The van der Waals surface area contributed by atoms with Crippen LogP contribution in [-0.4, -0.2) is 24.5 Å². The molecule has 0 saturated carbocycles. The second kappa shape index (κ2) is 12.0. The van der Waals surface area contributed by atoms with E-state index >= 15 is 0 Å². The third kappa shape index (κ3) is 7.34. The van der Waals surface area contributed by atoms with Crippen LogP contribution < -0.4 is 0 Å². The Hall–Kier alpha value is -2.93. The minimum Gasteiger partial charge on any atom is -0.357 e. The van der Waals surface area contributed by atoms with Crippen molar-refractivity contribution in [2.24, 2.45) is 7.05 Å². The van der Waals surface area contributed by atoms with Crippen molar-refractivity contribution in [3.8, 4) is 0 Å². The predicted molar refractivity (Wildman–Crippen MR) is 183 cm³/mol. The van der Waals surface area contributed by atoms with Crippen molar-refractivity contribution in [2.45, 2.75) is 78.6 Å². The summed E-state index contributed by atoms with van der Waals surface area (Å²) in [5.74, 6) is 0. The van der Waals surface area contributed by atoms with Crippen LogP contribution in [0.25, 0.3) is 32.3 Å². The number of halogens is 2. The molecule has 0 aliphatic heterocycles. The first-order valence-corrected chi connectivity index (χ1v) is 15.6. The largest absolute Gasteiger partial charge is 0.357 e. The second-order valence-electron chi connectivity index (χ2n) is 13.7. The number of hydrogen-bond donors (Lipinski definition) is 1. The Morgan fingerprint density at radius 3 is 2.12 bits per heavy atom. The molecule has 0 atom stereocenters. The highest BCUT2D eigenvalue weighted by Gasteiger charge is 2.20. The van der Waals surface area contributed by atoms with E-state index in [1.807, 2.05) is 48.4 Å². The molecule has 0 aliphatic carbocycles. The van der Waals surface area contributed by atoms with Gasteiger partial charge in [-0.1, -0.05) is 91.6 Å². The van der Waals surface area contributed by atoms with E-state index in [1.165, 1.54) is 16.0 Å². The van der Waals surface area contributed by atoms with Gasteiger partial charge in [-0.25, -0.2) is 9.97 Å². The molecular weight excluding hydrogens is 581 g/mol. The van der Waals surface area contributed by atoms with Gasteiger partial charge < -0.3 is 9.55 Å². The molecule has 5 nitrogen and oxygen atoms in total. The number of aryl methyl sites for hydroxylation is 1. The highest BCUT2D eigenvalue weighted by atomic mass is 35.5. The van der Waals surface area contributed by atoms with Crippen LogP contribution in [0.15, 0.2) is 61.1 Å². The fourth-order valence-electron chi connectivity index (χ4n) is 4.22. The van der Waals surface area contributed by atoms with Gasteiger partial charge in [0.1, 0.15) is 11.2 Å². The van der Waals surface area contributed by atoms with Crippen LogP contribution in [0.4, 0.5) is 0 Å². The number of nitrogens with one attached hydrogen (secondary N) is 1. The molecule has 0 unspecified atom stereocenters. The molecule has 1 aromatic carbocycles. The maximum atomic E-state index is 6.14. The summed E-state index contributed by atoms with van der Waals surface area (Å²) >= 11 is 13.9. The van der Waals surface area contributed by atoms with Crippen LogP contribution in [0.5, 0.6) is 0 Å². The number of aromatic amines is 1. The number of aromatic nitrogens is 5. The van der Waals surface area contributed by atoms with Crippen LogP contribution in [0.1, 0.15) is 78.6 Å². The number of thiazole rings is 1. The molecule has 0 bridgehead atoms. The fourth-order valence-corrected chi connectivity index (χ4v) is 5.83. The predicted octanol–water partition coefficient (Wildman–Crippen LogP) is 10.6. The number of benzene rings is 1. The van der Waals surface area contributed by atoms with Crippen LogP contribution in [-0.2, 0) is 23.3 Å². The number of fused-ring (bicyclic) bond motifs is 3. The molecule has 0 spiro atoms. The fraction of sp³-hybridized carbons (Fsp3) is 0.382. The third-order valence-electron chi connectivity index (χ3n) is 6.84. The van der Waals surface area contributed by atoms with Gasteiger partial charge in [0.15, 0.2) is 0 Å². The number of nitrogens with zero attached hydrogens (tertiary/aromatic N) is 4. The first-order chi connectivity index (χ1) is 19.4. The van der Waals surface area contributed by atoms with Gasteiger partial charge in [-0.05, 0) is 47.4 Å². The zero-order valence-corrected chi connectivity index (χ0v) is 28.6. The van der Waals surface area contributed by atoms with E-state index in [0.717, 1.165) is 42.6 Å². The molecule has 5 heterocycles. The normalized spacial score (nSPS) is 12.3. The first kappa shape index (κ1) is 32.0. The highest BCUT2D eigenvalue weighted by molar-refractivity contribution is 7.18. The Bertz CT molecular complexity index is 1790. The number of rotatable bonds is 0. The third-order valence-corrected chi connectivity index (χ3v) is 8.89. The van der Waals surface area contributed by atoms with Crippen molar-refractivity contribution in [1.29, 1.82) is 0 Å². The summed E-state index contributed by atoms with van der Waals surface area (Å²) in [4.78, 5) is 16.7. The SMILES string of the molecule is CC(C)(C)c1cc2ncccc2[nH]1.CC(C)(C)c1nc2c(Cl)cccc2s1.Cn1cc(Cl)c2cc(C(C)(C)C)cnc21. The summed E-state index contributed by atoms with van der Waals surface area (Å²) in [6, 6.07) is 14.2. The maximum absolute atomic E-state index is 6.14.